The molecule has 1 N–H and O–H groups in total. The van der Waals surface area contributed by atoms with Crippen molar-refractivity contribution in [3.8, 4) is 0 Å². The molecule has 2 aliphatic carbocycles. The summed E-state index contributed by atoms with van der Waals surface area (Å²) in [5, 5.41) is 10.5. The first kappa shape index (κ1) is 14.7. The molecule has 122 valence electrons. The van der Waals surface area contributed by atoms with Crippen molar-refractivity contribution in [3.05, 3.63) is 11.6 Å². The maximum absolute atomic E-state index is 11.4. The Bertz CT molecular complexity index is 551. The Kier molecular flexibility index (Phi) is 2.89. The molecule has 0 amide bonds. The monoisotopic (exact) mass is 308 g/mol. The van der Waals surface area contributed by atoms with Crippen LogP contribution in [-0.2, 0) is 19.0 Å². The molecule has 5 heteroatoms. The number of ether oxygens (including phenoxy) is 3. The molecule has 1 unspecified atom stereocenters. The molecule has 0 aromatic carbocycles. The molecule has 1 saturated carbocycles. The van der Waals surface area contributed by atoms with Crippen molar-refractivity contribution in [1.82, 2.24) is 0 Å². The van der Waals surface area contributed by atoms with Gasteiger partial charge in [-0.05, 0) is 26.2 Å². The molecule has 2 bridgehead atoms. The number of esters is 1. The highest BCUT2D eigenvalue weighted by Gasteiger charge is 2.81. The van der Waals surface area contributed by atoms with Crippen LogP contribution in [0.1, 0.15) is 40.0 Å². The Balaban J connectivity index is 1.80. The van der Waals surface area contributed by atoms with Gasteiger partial charge in [-0.25, -0.2) is 0 Å². The highest BCUT2D eigenvalue weighted by Crippen LogP contribution is 2.71. The van der Waals surface area contributed by atoms with Crippen LogP contribution in [0.3, 0.4) is 0 Å². The minimum Gasteiger partial charge on any atom is -0.465 e. The van der Waals surface area contributed by atoms with Crippen LogP contribution < -0.4 is 0 Å². The number of rotatable bonds is 2. The normalized spacial score (nSPS) is 52.2. The highest BCUT2D eigenvalue weighted by atomic mass is 16.6. The Labute approximate surface area is 130 Å². The lowest BCUT2D eigenvalue weighted by molar-refractivity contribution is -0.221. The first-order chi connectivity index (χ1) is 10.3. The number of hydrogen-bond donors (Lipinski definition) is 1. The zero-order valence-corrected chi connectivity index (χ0v) is 13.4. The number of aliphatic hydroxyl groups excluding tert-OH is 1. The summed E-state index contributed by atoms with van der Waals surface area (Å²) in [7, 11) is 0. The SMILES string of the molecule is CC(=O)OC[C@]12CCC(C)=C[C@H]1O[C@@H]1[C@H](O)C[C@@]2(C)C12CO2. The van der Waals surface area contributed by atoms with Crippen molar-refractivity contribution in [3.63, 3.8) is 0 Å². The lowest BCUT2D eigenvalue weighted by Gasteiger charge is -2.57. The van der Waals surface area contributed by atoms with Gasteiger partial charge in [0.2, 0.25) is 0 Å². The van der Waals surface area contributed by atoms with Gasteiger partial charge in [0.15, 0.2) is 0 Å². The molecule has 1 spiro atoms. The summed E-state index contributed by atoms with van der Waals surface area (Å²) in [6, 6.07) is 0. The fourth-order valence-electron chi connectivity index (χ4n) is 5.23. The standard InChI is InChI=1S/C17H24O5/c1-10-4-5-16(8-20-11(2)18)13(6-10)22-14-12(19)7-15(16,3)17(14)9-21-17/h6,12-14,19H,4-5,7-9H2,1-3H3/t12-,13-,14-,15-,16-,17?/m1/s1. The van der Waals surface area contributed by atoms with E-state index < -0.39 is 11.7 Å². The van der Waals surface area contributed by atoms with Gasteiger partial charge in [-0.2, -0.15) is 0 Å². The van der Waals surface area contributed by atoms with Crippen LogP contribution in [0.2, 0.25) is 0 Å². The molecule has 2 heterocycles. The summed E-state index contributed by atoms with van der Waals surface area (Å²) in [6.07, 6.45) is 3.76. The van der Waals surface area contributed by atoms with Crippen molar-refractivity contribution < 1.29 is 24.1 Å². The van der Waals surface area contributed by atoms with Crippen LogP contribution in [0, 0.1) is 10.8 Å². The molecular weight excluding hydrogens is 284 g/mol. The van der Waals surface area contributed by atoms with Gasteiger partial charge < -0.3 is 19.3 Å². The molecular formula is C17H24O5. The van der Waals surface area contributed by atoms with Crippen LogP contribution in [0.5, 0.6) is 0 Å². The summed E-state index contributed by atoms with van der Waals surface area (Å²) in [4.78, 5) is 11.4. The lowest BCUT2D eigenvalue weighted by atomic mass is 9.52. The molecule has 4 aliphatic rings. The van der Waals surface area contributed by atoms with Crippen molar-refractivity contribution in [1.29, 1.82) is 0 Å². The Morgan fingerprint density at radius 1 is 1.55 bits per heavy atom. The second-order valence-corrected chi connectivity index (χ2v) is 7.71. The highest BCUT2D eigenvalue weighted by molar-refractivity contribution is 5.66. The summed E-state index contributed by atoms with van der Waals surface area (Å²) in [5.74, 6) is -0.269. The smallest absolute Gasteiger partial charge is 0.302 e. The molecule has 0 aromatic rings. The Morgan fingerprint density at radius 2 is 2.27 bits per heavy atom. The van der Waals surface area contributed by atoms with E-state index in [2.05, 4.69) is 19.9 Å². The Hall–Kier alpha value is -0.910. The molecule has 2 saturated heterocycles. The van der Waals surface area contributed by atoms with Crippen LogP contribution in [0.15, 0.2) is 11.6 Å². The van der Waals surface area contributed by atoms with Crippen LogP contribution in [0.25, 0.3) is 0 Å². The van der Waals surface area contributed by atoms with E-state index in [0.29, 0.717) is 19.6 Å². The predicted molar refractivity (Wildman–Crippen MR) is 78.1 cm³/mol. The molecule has 4 rings (SSSR count). The third-order valence-corrected chi connectivity index (χ3v) is 6.69. The number of fused-ring (bicyclic) bond motifs is 2. The van der Waals surface area contributed by atoms with Crippen LogP contribution >= 0.6 is 0 Å². The number of carbonyl (C=O) groups excluding carboxylic acids is 1. The fraction of sp³-hybridized carbons (Fsp3) is 0.824. The third kappa shape index (κ3) is 1.57. The summed E-state index contributed by atoms with van der Waals surface area (Å²) in [5.41, 5.74) is 0.346. The van der Waals surface area contributed by atoms with Crippen LogP contribution in [-0.4, -0.2) is 48.2 Å². The van der Waals surface area contributed by atoms with E-state index in [0.717, 1.165) is 12.8 Å². The second kappa shape index (κ2) is 4.34. The van der Waals surface area contributed by atoms with Crippen molar-refractivity contribution in [2.75, 3.05) is 13.2 Å². The summed E-state index contributed by atoms with van der Waals surface area (Å²) >= 11 is 0. The second-order valence-electron chi connectivity index (χ2n) is 7.71. The maximum Gasteiger partial charge on any atom is 0.302 e. The van der Waals surface area contributed by atoms with Crippen molar-refractivity contribution in [2.24, 2.45) is 10.8 Å². The minimum atomic E-state index is -0.513. The minimum absolute atomic E-state index is 0.123. The predicted octanol–water partition coefficient (Wildman–Crippen LogP) is 1.58. The zero-order chi connectivity index (χ0) is 15.8. The van der Waals surface area contributed by atoms with E-state index in [1.807, 2.05) is 0 Å². The quantitative estimate of drug-likeness (QED) is 0.476. The van der Waals surface area contributed by atoms with Gasteiger partial charge in [-0.1, -0.05) is 18.6 Å². The largest absolute Gasteiger partial charge is 0.465 e. The van der Waals surface area contributed by atoms with Gasteiger partial charge in [0.05, 0.1) is 18.8 Å². The summed E-state index contributed by atoms with van der Waals surface area (Å²) in [6.45, 7) is 6.70. The fourth-order valence-corrected chi connectivity index (χ4v) is 5.23. The van der Waals surface area contributed by atoms with Crippen LogP contribution in [0.4, 0.5) is 0 Å². The molecule has 22 heavy (non-hydrogen) atoms. The van der Waals surface area contributed by atoms with Gasteiger partial charge in [-0.3, -0.25) is 4.79 Å². The van der Waals surface area contributed by atoms with Crippen molar-refractivity contribution >= 4 is 5.97 Å². The molecule has 3 fully saturated rings. The Morgan fingerprint density at radius 3 is 2.91 bits per heavy atom. The first-order valence-electron chi connectivity index (χ1n) is 8.13. The molecule has 2 aliphatic heterocycles. The lowest BCUT2D eigenvalue weighted by Crippen LogP contribution is -2.64. The van der Waals surface area contributed by atoms with E-state index in [-0.39, 0.29) is 29.0 Å². The maximum atomic E-state index is 11.4. The molecule has 5 nitrogen and oxygen atoms in total. The number of carbonyl (C=O) groups is 1. The first-order valence-corrected chi connectivity index (χ1v) is 8.13. The molecule has 0 aromatic heterocycles. The van der Waals surface area contributed by atoms with Gasteiger partial charge in [-0.15, -0.1) is 0 Å². The van der Waals surface area contributed by atoms with Gasteiger partial charge in [0.1, 0.15) is 18.3 Å². The van der Waals surface area contributed by atoms with E-state index in [1.54, 1.807) is 0 Å². The number of allylic oxidation sites excluding steroid dienone is 1. The molecule has 6 atom stereocenters. The molecule has 0 radical (unpaired) electrons. The van der Waals surface area contributed by atoms with Crippen molar-refractivity contribution in [2.45, 2.75) is 63.9 Å². The van der Waals surface area contributed by atoms with Gasteiger partial charge >= 0.3 is 5.97 Å². The van der Waals surface area contributed by atoms with Gasteiger partial charge in [0.25, 0.3) is 0 Å². The number of epoxide rings is 1. The third-order valence-electron chi connectivity index (χ3n) is 6.69. The summed E-state index contributed by atoms with van der Waals surface area (Å²) < 4.78 is 17.6. The average Bonchev–Trinajstić information content (AvgIpc) is 3.21. The average molecular weight is 308 g/mol. The van der Waals surface area contributed by atoms with E-state index in [4.69, 9.17) is 14.2 Å². The number of hydrogen-bond acceptors (Lipinski definition) is 5. The zero-order valence-electron chi connectivity index (χ0n) is 13.4. The number of aliphatic hydroxyl groups is 1. The van der Waals surface area contributed by atoms with Gasteiger partial charge in [0, 0.05) is 17.8 Å². The van der Waals surface area contributed by atoms with E-state index in [1.165, 1.54) is 12.5 Å². The van der Waals surface area contributed by atoms with E-state index >= 15 is 0 Å². The van der Waals surface area contributed by atoms with E-state index in [9.17, 15) is 9.90 Å². The topological polar surface area (TPSA) is 68.3 Å².